The van der Waals surface area contributed by atoms with Crippen LogP contribution in [-0.4, -0.2) is 70.1 Å². The average Bonchev–Trinajstić information content (AvgIpc) is 3.42. The van der Waals surface area contributed by atoms with Crippen molar-refractivity contribution < 1.29 is 9.59 Å². The van der Waals surface area contributed by atoms with Crippen LogP contribution in [0.15, 0.2) is 53.3 Å². The van der Waals surface area contributed by atoms with Crippen LogP contribution in [0, 0.1) is 5.92 Å². The molecule has 39 heavy (non-hydrogen) atoms. The van der Waals surface area contributed by atoms with Gasteiger partial charge in [0.25, 0.3) is 0 Å². The van der Waals surface area contributed by atoms with Crippen LogP contribution < -0.4 is 10.6 Å². The highest BCUT2D eigenvalue weighted by Crippen LogP contribution is 2.47. The van der Waals surface area contributed by atoms with Crippen LogP contribution in [0.3, 0.4) is 0 Å². The fourth-order valence-corrected chi connectivity index (χ4v) is 7.29. The molecule has 3 heterocycles. The third kappa shape index (κ3) is 5.60. The summed E-state index contributed by atoms with van der Waals surface area (Å²) in [6.45, 7) is 6.21. The lowest BCUT2D eigenvalue weighted by Crippen LogP contribution is -2.42. The minimum absolute atomic E-state index is 0.0240. The predicted octanol–water partition coefficient (Wildman–Crippen LogP) is 4.64. The highest BCUT2D eigenvalue weighted by Gasteiger charge is 2.43. The van der Waals surface area contributed by atoms with Crippen molar-refractivity contribution in [2.24, 2.45) is 5.92 Å². The first-order chi connectivity index (χ1) is 18.7. The van der Waals surface area contributed by atoms with E-state index in [1.165, 1.54) is 0 Å². The Morgan fingerprint density at radius 3 is 2.46 bits per heavy atom. The van der Waals surface area contributed by atoms with E-state index >= 15 is 0 Å². The molecular formula is C30H39N5O3S. The Morgan fingerprint density at radius 2 is 1.74 bits per heavy atom. The summed E-state index contributed by atoms with van der Waals surface area (Å²) in [4.78, 5) is 48.6. The number of aromatic nitrogens is 2. The standard InChI is InChI=1S/C30H39N5O3S/c1-20(2)13-18-34-28(37)26(39-29(34)22-9-5-7-11-24(22)32(3)4)19-27(36)33-16-14-21(15-17-33)35-25-12-8-6-10-23(25)31-30(35)38/h5-12,20-21,26,29H,13-19H2,1-4H3,(H,31,38). The van der Waals surface area contributed by atoms with Crippen LogP contribution in [-0.2, 0) is 9.59 Å². The van der Waals surface area contributed by atoms with E-state index in [0.29, 0.717) is 25.6 Å². The van der Waals surface area contributed by atoms with E-state index in [1.807, 2.05) is 64.9 Å². The van der Waals surface area contributed by atoms with E-state index in [4.69, 9.17) is 0 Å². The lowest BCUT2D eigenvalue weighted by atomic mass is 10.0. The molecule has 0 radical (unpaired) electrons. The number of amides is 2. The van der Waals surface area contributed by atoms with Crippen LogP contribution >= 0.6 is 11.8 Å². The maximum atomic E-state index is 13.6. The Hall–Kier alpha value is -3.20. The van der Waals surface area contributed by atoms with E-state index in [2.05, 4.69) is 35.9 Å². The SMILES string of the molecule is CC(C)CCN1C(=O)C(CC(=O)N2CCC(n3c(=O)[nH]c4ccccc43)CC2)SC1c1ccccc1N(C)C. The second-order valence-corrected chi connectivity index (χ2v) is 12.6. The number of imidazole rings is 1. The van der Waals surface area contributed by atoms with Crippen molar-refractivity contribution in [2.75, 3.05) is 38.6 Å². The maximum Gasteiger partial charge on any atom is 0.326 e. The molecule has 2 unspecified atom stereocenters. The average molecular weight is 550 g/mol. The fourth-order valence-electron chi connectivity index (χ4n) is 5.79. The Balaban J connectivity index is 1.27. The Labute approximate surface area is 234 Å². The van der Waals surface area contributed by atoms with E-state index in [0.717, 1.165) is 41.5 Å². The number of carbonyl (C=O) groups excluding carboxylic acids is 2. The van der Waals surface area contributed by atoms with Gasteiger partial charge in [0.15, 0.2) is 0 Å². The number of anilines is 1. The number of hydrogen-bond donors (Lipinski definition) is 1. The number of H-pyrrole nitrogens is 1. The summed E-state index contributed by atoms with van der Waals surface area (Å²) in [6, 6.07) is 16.0. The van der Waals surface area contributed by atoms with Crippen LogP contribution in [0.5, 0.6) is 0 Å². The molecular weight excluding hydrogens is 510 g/mol. The molecule has 0 saturated carbocycles. The summed E-state index contributed by atoms with van der Waals surface area (Å²) < 4.78 is 1.84. The van der Waals surface area contributed by atoms with Crippen LogP contribution in [0.25, 0.3) is 11.0 Å². The van der Waals surface area contributed by atoms with E-state index < -0.39 is 0 Å². The highest BCUT2D eigenvalue weighted by atomic mass is 32.2. The first-order valence-corrected chi connectivity index (χ1v) is 14.9. The number of carbonyl (C=O) groups is 2. The van der Waals surface area contributed by atoms with Gasteiger partial charge < -0.3 is 19.7 Å². The van der Waals surface area contributed by atoms with Gasteiger partial charge in [0.1, 0.15) is 5.37 Å². The number of piperidine rings is 1. The van der Waals surface area contributed by atoms with Gasteiger partial charge in [-0.25, -0.2) is 4.79 Å². The van der Waals surface area contributed by atoms with Gasteiger partial charge in [-0.05, 0) is 43.4 Å². The highest BCUT2D eigenvalue weighted by molar-refractivity contribution is 8.01. The van der Waals surface area contributed by atoms with Gasteiger partial charge in [0, 0.05) is 57.4 Å². The summed E-state index contributed by atoms with van der Waals surface area (Å²) >= 11 is 1.61. The van der Waals surface area contributed by atoms with E-state index in [-0.39, 0.29) is 40.6 Å². The van der Waals surface area contributed by atoms with Gasteiger partial charge in [-0.3, -0.25) is 14.2 Å². The third-order valence-corrected chi connectivity index (χ3v) is 9.40. The van der Waals surface area contributed by atoms with Crippen molar-refractivity contribution in [2.45, 2.75) is 56.2 Å². The van der Waals surface area contributed by atoms with Gasteiger partial charge in [-0.1, -0.05) is 44.2 Å². The van der Waals surface area contributed by atoms with Gasteiger partial charge in [0.05, 0.1) is 16.3 Å². The summed E-state index contributed by atoms with van der Waals surface area (Å²) in [7, 11) is 4.04. The second-order valence-electron chi connectivity index (χ2n) is 11.3. The van der Waals surface area contributed by atoms with E-state index in [1.54, 1.807) is 11.8 Å². The molecule has 3 aromatic rings. The molecule has 2 aromatic carbocycles. The zero-order valence-electron chi connectivity index (χ0n) is 23.3. The molecule has 2 saturated heterocycles. The molecule has 2 amide bonds. The molecule has 5 rings (SSSR count). The molecule has 0 bridgehead atoms. The Morgan fingerprint density at radius 1 is 1.05 bits per heavy atom. The van der Waals surface area contributed by atoms with Crippen molar-refractivity contribution in [3.05, 3.63) is 64.6 Å². The van der Waals surface area contributed by atoms with Crippen molar-refractivity contribution in [1.82, 2.24) is 19.4 Å². The summed E-state index contributed by atoms with van der Waals surface area (Å²) in [5.41, 5.74) is 3.86. The first-order valence-electron chi connectivity index (χ1n) is 13.9. The molecule has 208 valence electrons. The number of fused-ring (bicyclic) bond motifs is 1. The summed E-state index contributed by atoms with van der Waals surface area (Å²) in [6.07, 6.45) is 2.57. The number of aromatic amines is 1. The van der Waals surface area contributed by atoms with Crippen LogP contribution in [0.1, 0.15) is 56.5 Å². The topological polar surface area (TPSA) is 81.6 Å². The molecule has 1 N–H and O–H groups in total. The normalized spacial score (nSPS) is 20.4. The fraction of sp³-hybridized carbons (Fsp3) is 0.500. The van der Waals surface area contributed by atoms with E-state index in [9.17, 15) is 14.4 Å². The number of thioether (sulfide) groups is 1. The molecule has 2 aliphatic heterocycles. The molecule has 2 atom stereocenters. The van der Waals surface area contributed by atoms with Crippen LogP contribution in [0.2, 0.25) is 0 Å². The molecule has 2 fully saturated rings. The van der Waals surface area contributed by atoms with Gasteiger partial charge in [-0.2, -0.15) is 0 Å². The van der Waals surface area contributed by atoms with Gasteiger partial charge in [0.2, 0.25) is 11.8 Å². The Kier molecular flexibility index (Phi) is 8.07. The molecule has 8 nitrogen and oxygen atoms in total. The zero-order valence-corrected chi connectivity index (χ0v) is 24.1. The molecule has 1 aromatic heterocycles. The van der Waals surface area contributed by atoms with Crippen LogP contribution in [0.4, 0.5) is 5.69 Å². The van der Waals surface area contributed by atoms with Gasteiger partial charge in [-0.15, -0.1) is 11.8 Å². The lowest BCUT2D eigenvalue weighted by molar-refractivity contribution is -0.136. The number of rotatable bonds is 8. The molecule has 0 aliphatic carbocycles. The number of nitrogens with one attached hydrogen (secondary N) is 1. The summed E-state index contributed by atoms with van der Waals surface area (Å²) in [5.74, 6) is 0.572. The summed E-state index contributed by atoms with van der Waals surface area (Å²) in [5, 5.41) is -0.494. The van der Waals surface area contributed by atoms with Crippen molar-refractivity contribution >= 4 is 40.3 Å². The molecule has 0 spiro atoms. The molecule has 9 heteroatoms. The zero-order chi connectivity index (χ0) is 27.7. The monoisotopic (exact) mass is 549 g/mol. The second kappa shape index (κ2) is 11.5. The minimum Gasteiger partial charge on any atom is -0.377 e. The number of hydrogen-bond acceptors (Lipinski definition) is 5. The van der Waals surface area contributed by atoms with Crippen molar-refractivity contribution in [1.29, 1.82) is 0 Å². The predicted molar refractivity (Wildman–Crippen MR) is 158 cm³/mol. The van der Waals surface area contributed by atoms with Gasteiger partial charge >= 0.3 is 5.69 Å². The molecule has 2 aliphatic rings. The number of likely N-dealkylation sites (tertiary alicyclic amines) is 1. The third-order valence-electron chi connectivity index (χ3n) is 7.93. The first kappa shape index (κ1) is 27.4. The lowest BCUT2D eigenvalue weighted by Gasteiger charge is -2.33. The quantitative estimate of drug-likeness (QED) is 0.443. The Bertz CT molecular complexity index is 1390. The number of benzene rings is 2. The number of para-hydroxylation sites is 3. The minimum atomic E-state index is -0.390. The van der Waals surface area contributed by atoms with Crippen molar-refractivity contribution in [3.63, 3.8) is 0 Å². The smallest absolute Gasteiger partial charge is 0.326 e. The van der Waals surface area contributed by atoms with Crippen molar-refractivity contribution in [3.8, 4) is 0 Å². The maximum absolute atomic E-state index is 13.6. The number of nitrogens with zero attached hydrogens (tertiary/aromatic N) is 4. The largest absolute Gasteiger partial charge is 0.377 e.